The molecule has 0 aliphatic heterocycles. The summed E-state index contributed by atoms with van der Waals surface area (Å²) in [4.78, 5) is 12.4. The number of ether oxygens (including phenoxy) is 3. The van der Waals surface area contributed by atoms with Crippen molar-refractivity contribution in [3.8, 4) is 17.2 Å². The fraction of sp³-hybridized carbons (Fsp3) is 0.316. The minimum Gasteiger partial charge on any atom is -0.497 e. The van der Waals surface area contributed by atoms with E-state index in [2.05, 4.69) is 5.32 Å². The van der Waals surface area contributed by atoms with E-state index < -0.39 is 6.10 Å². The summed E-state index contributed by atoms with van der Waals surface area (Å²) in [6.07, 6.45) is 0.244. The van der Waals surface area contributed by atoms with Gasteiger partial charge in [-0.15, -0.1) is 0 Å². The summed E-state index contributed by atoms with van der Waals surface area (Å²) in [7, 11) is 1.59. The molecule has 24 heavy (non-hydrogen) atoms. The van der Waals surface area contributed by atoms with Crippen molar-refractivity contribution in [2.75, 3.05) is 19.0 Å². The fourth-order valence-corrected chi connectivity index (χ4v) is 2.07. The van der Waals surface area contributed by atoms with Gasteiger partial charge < -0.3 is 19.5 Å². The molecule has 128 valence electrons. The lowest BCUT2D eigenvalue weighted by molar-refractivity contribution is -0.122. The average molecular weight is 329 g/mol. The highest BCUT2D eigenvalue weighted by Crippen LogP contribution is 2.25. The lowest BCUT2D eigenvalue weighted by Gasteiger charge is -2.17. The Kier molecular flexibility index (Phi) is 6.49. The molecule has 1 N–H and O–H groups in total. The molecule has 0 aliphatic rings. The SMILES string of the molecule is CCCOc1ccccc1NC(=O)C(C)Oc1cccc(OC)c1. The van der Waals surface area contributed by atoms with Crippen LogP contribution in [0.4, 0.5) is 5.69 Å². The van der Waals surface area contributed by atoms with Crippen LogP contribution < -0.4 is 19.5 Å². The van der Waals surface area contributed by atoms with Crippen LogP contribution in [0.15, 0.2) is 48.5 Å². The zero-order valence-electron chi connectivity index (χ0n) is 14.2. The summed E-state index contributed by atoms with van der Waals surface area (Å²) >= 11 is 0. The van der Waals surface area contributed by atoms with Crippen LogP contribution in [0.1, 0.15) is 20.3 Å². The largest absolute Gasteiger partial charge is 0.497 e. The normalized spacial score (nSPS) is 11.5. The van der Waals surface area contributed by atoms with Crippen molar-refractivity contribution in [2.45, 2.75) is 26.4 Å². The number of rotatable bonds is 8. The number of hydrogen-bond donors (Lipinski definition) is 1. The Morgan fingerprint density at radius 3 is 2.62 bits per heavy atom. The first-order valence-corrected chi connectivity index (χ1v) is 7.97. The quantitative estimate of drug-likeness (QED) is 0.798. The second-order valence-electron chi connectivity index (χ2n) is 5.27. The van der Waals surface area contributed by atoms with E-state index in [1.54, 1.807) is 32.2 Å². The molecule has 2 aromatic rings. The van der Waals surface area contributed by atoms with Gasteiger partial charge in [0, 0.05) is 6.07 Å². The summed E-state index contributed by atoms with van der Waals surface area (Å²) in [5.74, 6) is 1.66. The summed E-state index contributed by atoms with van der Waals surface area (Å²) in [5.41, 5.74) is 0.636. The van der Waals surface area contributed by atoms with E-state index in [0.29, 0.717) is 29.5 Å². The van der Waals surface area contributed by atoms with Gasteiger partial charge in [0.2, 0.25) is 0 Å². The van der Waals surface area contributed by atoms with Gasteiger partial charge in [0.05, 0.1) is 19.4 Å². The third kappa shape index (κ3) is 4.91. The molecule has 1 unspecified atom stereocenters. The van der Waals surface area contributed by atoms with E-state index >= 15 is 0 Å². The maximum absolute atomic E-state index is 12.4. The van der Waals surface area contributed by atoms with Gasteiger partial charge in [0.15, 0.2) is 6.10 Å². The van der Waals surface area contributed by atoms with Gasteiger partial charge in [0.1, 0.15) is 17.2 Å². The van der Waals surface area contributed by atoms with Crippen molar-refractivity contribution in [3.63, 3.8) is 0 Å². The van der Waals surface area contributed by atoms with E-state index in [-0.39, 0.29) is 5.91 Å². The van der Waals surface area contributed by atoms with Gasteiger partial charge >= 0.3 is 0 Å². The van der Waals surface area contributed by atoms with Crippen LogP contribution in [0.25, 0.3) is 0 Å². The number of nitrogens with one attached hydrogen (secondary N) is 1. The first-order valence-electron chi connectivity index (χ1n) is 7.97. The summed E-state index contributed by atoms with van der Waals surface area (Å²) in [6.45, 7) is 4.33. The first-order chi connectivity index (χ1) is 11.6. The fourth-order valence-electron chi connectivity index (χ4n) is 2.07. The van der Waals surface area contributed by atoms with Gasteiger partial charge in [-0.1, -0.05) is 25.1 Å². The number of carbonyl (C=O) groups excluding carboxylic acids is 1. The van der Waals surface area contributed by atoms with Crippen molar-refractivity contribution < 1.29 is 19.0 Å². The number of methoxy groups -OCH3 is 1. The molecule has 1 amide bonds. The minimum absolute atomic E-state index is 0.245. The predicted molar refractivity (Wildman–Crippen MR) is 93.9 cm³/mol. The lowest BCUT2D eigenvalue weighted by Crippen LogP contribution is -2.30. The zero-order chi connectivity index (χ0) is 17.4. The van der Waals surface area contributed by atoms with Gasteiger partial charge in [-0.2, -0.15) is 0 Å². The number of para-hydroxylation sites is 2. The molecule has 0 aromatic heterocycles. The molecule has 0 saturated heterocycles. The monoisotopic (exact) mass is 329 g/mol. The van der Waals surface area contributed by atoms with Gasteiger partial charge in [-0.05, 0) is 37.6 Å². The predicted octanol–water partition coefficient (Wildman–Crippen LogP) is 3.89. The van der Waals surface area contributed by atoms with Crippen molar-refractivity contribution in [2.24, 2.45) is 0 Å². The number of hydrogen-bond acceptors (Lipinski definition) is 4. The Balaban J connectivity index is 2.01. The highest BCUT2D eigenvalue weighted by molar-refractivity contribution is 5.95. The molecule has 5 nitrogen and oxygen atoms in total. The third-order valence-electron chi connectivity index (χ3n) is 3.33. The Hall–Kier alpha value is -2.69. The molecule has 1 atom stereocenters. The molecule has 0 radical (unpaired) electrons. The number of amides is 1. The molecular formula is C19H23NO4. The lowest BCUT2D eigenvalue weighted by atomic mass is 10.2. The Morgan fingerprint density at radius 2 is 1.88 bits per heavy atom. The zero-order valence-corrected chi connectivity index (χ0v) is 14.2. The standard InChI is InChI=1S/C19H23NO4/c1-4-12-23-18-11-6-5-10-17(18)20-19(21)14(2)24-16-9-7-8-15(13-16)22-3/h5-11,13-14H,4,12H2,1-3H3,(H,20,21). The molecule has 0 heterocycles. The van der Waals surface area contributed by atoms with Gasteiger partial charge in [-0.25, -0.2) is 0 Å². The van der Waals surface area contributed by atoms with E-state index in [1.165, 1.54) is 0 Å². The third-order valence-corrected chi connectivity index (χ3v) is 3.33. The minimum atomic E-state index is -0.656. The maximum Gasteiger partial charge on any atom is 0.265 e. The number of carbonyl (C=O) groups is 1. The van der Waals surface area contributed by atoms with E-state index in [1.807, 2.05) is 37.3 Å². The van der Waals surface area contributed by atoms with Gasteiger partial charge in [-0.3, -0.25) is 4.79 Å². The van der Waals surface area contributed by atoms with Gasteiger partial charge in [0.25, 0.3) is 5.91 Å². The van der Waals surface area contributed by atoms with Crippen LogP contribution in [0.3, 0.4) is 0 Å². The highest BCUT2D eigenvalue weighted by atomic mass is 16.5. The van der Waals surface area contributed by atoms with E-state index in [9.17, 15) is 4.79 Å². The molecule has 0 saturated carbocycles. The van der Waals surface area contributed by atoms with Crippen molar-refractivity contribution in [1.82, 2.24) is 0 Å². The summed E-state index contributed by atoms with van der Waals surface area (Å²) in [6, 6.07) is 14.5. The summed E-state index contributed by atoms with van der Waals surface area (Å²) in [5, 5.41) is 2.85. The Labute approximate surface area is 142 Å². The molecule has 2 rings (SSSR count). The molecule has 2 aromatic carbocycles. The van der Waals surface area contributed by atoms with E-state index in [4.69, 9.17) is 14.2 Å². The van der Waals surface area contributed by atoms with Crippen LogP contribution in [0.2, 0.25) is 0 Å². The molecular weight excluding hydrogens is 306 g/mol. The van der Waals surface area contributed by atoms with Crippen LogP contribution in [-0.2, 0) is 4.79 Å². The summed E-state index contributed by atoms with van der Waals surface area (Å²) < 4.78 is 16.5. The molecule has 0 fully saturated rings. The Bertz CT molecular complexity index is 672. The first kappa shape index (κ1) is 17.7. The van der Waals surface area contributed by atoms with Crippen LogP contribution >= 0.6 is 0 Å². The molecule has 5 heteroatoms. The smallest absolute Gasteiger partial charge is 0.265 e. The highest BCUT2D eigenvalue weighted by Gasteiger charge is 2.17. The molecule has 0 bridgehead atoms. The van der Waals surface area contributed by atoms with Crippen LogP contribution in [-0.4, -0.2) is 25.7 Å². The number of anilines is 1. The van der Waals surface area contributed by atoms with Crippen molar-refractivity contribution >= 4 is 11.6 Å². The topological polar surface area (TPSA) is 56.8 Å². The average Bonchev–Trinajstić information content (AvgIpc) is 2.61. The second-order valence-corrected chi connectivity index (χ2v) is 5.27. The maximum atomic E-state index is 12.4. The number of benzene rings is 2. The van der Waals surface area contributed by atoms with Crippen molar-refractivity contribution in [1.29, 1.82) is 0 Å². The van der Waals surface area contributed by atoms with E-state index in [0.717, 1.165) is 6.42 Å². The van der Waals surface area contributed by atoms with Crippen LogP contribution in [0.5, 0.6) is 17.2 Å². The van der Waals surface area contributed by atoms with Crippen LogP contribution in [0, 0.1) is 0 Å². The molecule has 0 aliphatic carbocycles. The molecule has 0 spiro atoms. The second kappa shape index (κ2) is 8.82. The Morgan fingerprint density at radius 1 is 1.12 bits per heavy atom. The van der Waals surface area contributed by atoms with Crippen molar-refractivity contribution in [3.05, 3.63) is 48.5 Å².